The van der Waals surface area contributed by atoms with Crippen molar-refractivity contribution in [3.05, 3.63) is 18.0 Å². The summed E-state index contributed by atoms with van der Waals surface area (Å²) < 4.78 is 0. The van der Waals surface area contributed by atoms with Gasteiger partial charge in [-0.05, 0) is 43.7 Å². The van der Waals surface area contributed by atoms with Crippen molar-refractivity contribution in [3.8, 4) is 0 Å². The Hall–Kier alpha value is -1.16. The van der Waals surface area contributed by atoms with Crippen LogP contribution in [0.1, 0.15) is 56.4 Å². The van der Waals surface area contributed by atoms with Gasteiger partial charge in [-0.1, -0.05) is 19.3 Å². The Balaban J connectivity index is 1.52. The van der Waals surface area contributed by atoms with Crippen LogP contribution in [-0.4, -0.2) is 29.1 Å². The van der Waals surface area contributed by atoms with Crippen LogP contribution >= 0.6 is 0 Å². The van der Waals surface area contributed by atoms with E-state index < -0.39 is 0 Å². The minimum absolute atomic E-state index is 0.585. The molecule has 2 N–H and O–H groups in total. The molecule has 104 valence electrons. The molecule has 19 heavy (non-hydrogen) atoms. The minimum Gasteiger partial charge on any atom is -0.353 e. The standard InChI is InChI=1S/C15H24N4/c1-2-5-12(6-3-1)13-9-17-15(18-10-13)19-11-14-7-4-8-16-14/h9-10,12,14,16H,1-8,11H2,(H,17,18,19). The summed E-state index contributed by atoms with van der Waals surface area (Å²) >= 11 is 0. The van der Waals surface area contributed by atoms with Crippen molar-refractivity contribution in [2.24, 2.45) is 0 Å². The maximum atomic E-state index is 4.46. The minimum atomic E-state index is 0.585. The van der Waals surface area contributed by atoms with Gasteiger partial charge in [-0.25, -0.2) is 9.97 Å². The zero-order chi connectivity index (χ0) is 12.9. The molecule has 1 atom stereocenters. The van der Waals surface area contributed by atoms with Gasteiger partial charge < -0.3 is 10.6 Å². The lowest BCUT2D eigenvalue weighted by molar-refractivity contribution is 0.442. The molecule has 1 aromatic rings. The van der Waals surface area contributed by atoms with Gasteiger partial charge in [0.25, 0.3) is 0 Å². The second-order valence-electron chi connectivity index (χ2n) is 5.85. The second-order valence-corrected chi connectivity index (χ2v) is 5.85. The van der Waals surface area contributed by atoms with Gasteiger partial charge in [0, 0.05) is 25.0 Å². The SMILES string of the molecule is c1nc(NCC2CCCN2)ncc1C1CCCCC1. The number of hydrogen-bond acceptors (Lipinski definition) is 4. The third-order valence-electron chi connectivity index (χ3n) is 4.42. The van der Waals surface area contributed by atoms with E-state index >= 15 is 0 Å². The van der Waals surface area contributed by atoms with Crippen LogP contribution in [0.4, 0.5) is 5.95 Å². The van der Waals surface area contributed by atoms with E-state index in [1.54, 1.807) is 0 Å². The number of nitrogens with one attached hydrogen (secondary N) is 2. The molecule has 1 aliphatic heterocycles. The molecule has 0 amide bonds. The predicted molar refractivity (Wildman–Crippen MR) is 77.4 cm³/mol. The molecule has 1 unspecified atom stereocenters. The average molecular weight is 260 g/mol. The van der Waals surface area contributed by atoms with Gasteiger partial charge >= 0.3 is 0 Å². The highest BCUT2D eigenvalue weighted by Gasteiger charge is 2.17. The van der Waals surface area contributed by atoms with Crippen LogP contribution in [0.5, 0.6) is 0 Å². The molecule has 0 aromatic carbocycles. The highest BCUT2D eigenvalue weighted by Crippen LogP contribution is 2.31. The highest BCUT2D eigenvalue weighted by atomic mass is 15.1. The molecule has 1 saturated carbocycles. The third kappa shape index (κ3) is 3.44. The van der Waals surface area contributed by atoms with Crippen molar-refractivity contribution in [1.82, 2.24) is 15.3 Å². The fourth-order valence-corrected chi connectivity index (χ4v) is 3.22. The van der Waals surface area contributed by atoms with Gasteiger partial charge in [-0.2, -0.15) is 0 Å². The molecule has 0 bridgehead atoms. The Bertz CT molecular complexity index is 378. The molecule has 1 aliphatic carbocycles. The zero-order valence-electron chi connectivity index (χ0n) is 11.6. The van der Waals surface area contributed by atoms with Crippen molar-refractivity contribution in [2.75, 3.05) is 18.4 Å². The molecule has 3 rings (SSSR count). The molecule has 4 nitrogen and oxygen atoms in total. The number of hydrogen-bond donors (Lipinski definition) is 2. The zero-order valence-corrected chi connectivity index (χ0v) is 11.6. The lowest BCUT2D eigenvalue weighted by atomic mass is 9.85. The van der Waals surface area contributed by atoms with Crippen molar-refractivity contribution in [3.63, 3.8) is 0 Å². The Morgan fingerprint density at radius 1 is 1.05 bits per heavy atom. The quantitative estimate of drug-likeness (QED) is 0.874. The fraction of sp³-hybridized carbons (Fsp3) is 0.733. The summed E-state index contributed by atoms with van der Waals surface area (Å²) in [5, 5.41) is 6.80. The summed E-state index contributed by atoms with van der Waals surface area (Å²) in [5.74, 6) is 1.47. The topological polar surface area (TPSA) is 49.8 Å². The van der Waals surface area contributed by atoms with Gasteiger partial charge in [0.2, 0.25) is 5.95 Å². The van der Waals surface area contributed by atoms with Crippen molar-refractivity contribution in [1.29, 1.82) is 0 Å². The molecule has 1 aromatic heterocycles. The first kappa shape index (κ1) is 12.9. The lowest BCUT2D eigenvalue weighted by Crippen LogP contribution is -2.29. The summed E-state index contributed by atoms with van der Waals surface area (Å²) in [5.41, 5.74) is 1.32. The van der Waals surface area contributed by atoms with Gasteiger partial charge in [0.15, 0.2) is 0 Å². The Morgan fingerprint density at radius 3 is 2.53 bits per heavy atom. The molecule has 2 heterocycles. The number of nitrogens with zero attached hydrogens (tertiary/aromatic N) is 2. The van der Waals surface area contributed by atoms with Crippen molar-refractivity contribution < 1.29 is 0 Å². The van der Waals surface area contributed by atoms with Crippen molar-refractivity contribution in [2.45, 2.75) is 56.9 Å². The van der Waals surface area contributed by atoms with E-state index in [9.17, 15) is 0 Å². The monoisotopic (exact) mass is 260 g/mol. The molecule has 1 saturated heterocycles. The van der Waals surface area contributed by atoms with Crippen LogP contribution in [0.3, 0.4) is 0 Å². The first-order valence-electron chi connectivity index (χ1n) is 7.71. The van der Waals surface area contributed by atoms with Crippen LogP contribution in [0.2, 0.25) is 0 Å². The highest BCUT2D eigenvalue weighted by molar-refractivity contribution is 5.26. The fourth-order valence-electron chi connectivity index (χ4n) is 3.22. The van der Waals surface area contributed by atoms with E-state index in [4.69, 9.17) is 0 Å². The van der Waals surface area contributed by atoms with Crippen LogP contribution < -0.4 is 10.6 Å². The first-order valence-corrected chi connectivity index (χ1v) is 7.71. The smallest absolute Gasteiger partial charge is 0.222 e. The molecular formula is C15H24N4. The number of aromatic nitrogens is 2. The Labute approximate surface area is 115 Å². The summed E-state index contributed by atoms with van der Waals surface area (Å²) in [7, 11) is 0. The predicted octanol–water partition coefficient (Wildman–Crippen LogP) is 2.69. The second kappa shape index (κ2) is 6.33. The van der Waals surface area contributed by atoms with E-state index in [0.717, 1.165) is 19.0 Å². The molecule has 2 aliphatic rings. The molecule has 0 spiro atoms. The molecule has 2 fully saturated rings. The summed E-state index contributed by atoms with van der Waals surface area (Å²) in [6.45, 7) is 2.08. The molecule has 4 heteroatoms. The van der Waals surface area contributed by atoms with Crippen LogP contribution in [0.15, 0.2) is 12.4 Å². The van der Waals surface area contributed by atoms with E-state index in [2.05, 4.69) is 20.6 Å². The Kier molecular flexibility index (Phi) is 4.28. The molecular weight excluding hydrogens is 236 g/mol. The maximum absolute atomic E-state index is 4.46. The number of rotatable bonds is 4. The average Bonchev–Trinajstić information content (AvgIpc) is 3.00. The van der Waals surface area contributed by atoms with Crippen molar-refractivity contribution >= 4 is 5.95 Å². The van der Waals surface area contributed by atoms with Gasteiger partial charge in [-0.3, -0.25) is 0 Å². The lowest BCUT2D eigenvalue weighted by Gasteiger charge is -2.21. The van der Waals surface area contributed by atoms with Gasteiger partial charge in [0.05, 0.1) is 0 Å². The van der Waals surface area contributed by atoms with Crippen LogP contribution in [-0.2, 0) is 0 Å². The summed E-state index contributed by atoms with van der Waals surface area (Å²) in [4.78, 5) is 8.93. The van der Waals surface area contributed by atoms with E-state index in [1.165, 1.54) is 50.5 Å². The third-order valence-corrected chi connectivity index (χ3v) is 4.42. The maximum Gasteiger partial charge on any atom is 0.222 e. The van der Waals surface area contributed by atoms with E-state index in [1.807, 2.05) is 12.4 Å². The van der Waals surface area contributed by atoms with Gasteiger partial charge in [-0.15, -0.1) is 0 Å². The van der Waals surface area contributed by atoms with Crippen LogP contribution in [0.25, 0.3) is 0 Å². The Morgan fingerprint density at radius 2 is 1.84 bits per heavy atom. The first-order chi connectivity index (χ1) is 9.42. The summed E-state index contributed by atoms with van der Waals surface area (Å²) in [6, 6.07) is 0.585. The summed E-state index contributed by atoms with van der Waals surface area (Å²) in [6.07, 6.45) is 13.3. The number of anilines is 1. The van der Waals surface area contributed by atoms with E-state index in [-0.39, 0.29) is 0 Å². The largest absolute Gasteiger partial charge is 0.353 e. The molecule has 0 radical (unpaired) electrons. The van der Waals surface area contributed by atoms with E-state index in [0.29, 0.717) is 12.0 Å². The van der Waals surface area contributed by atoms with Crippen LogP contribution in [0, 0.1) is 0 Å². The van der Waals surface area contributed by atoms with Gasteiger partial charge in [0.1, 0.15) is 0 Å². The normalized spacial score (nSPS) is 24.5.